The normalized spacial score (nSPS) is 31.8. The molecule has 17 heteroatoms. The van der Waals surface area contributed by atoms with Gasteiger partial charge < -0.3 is 47.5 Å². The fourth-order valence-electron chi connectivity index (χ4n) is 16.2. The number of fused-ring (bicyclic) bond motifs is 2. The molecule has 0 aromatic rings. The minimum atomic E-state index is -2.10. The molecule has 0 amide bonds. The predicted molar refractivity (Wildman–Crippen MR) is 420 cm³/mol. The Labute approximate surface area is 614 Å². The van der Waals surface area contributed by atoms with E-state index in [1.165, 1.54) is 56.9 Å². The summed E-state index contributed by atoms with van der Waals surface area (Å²) >= 11 is 3.59. The minimum Gasteiger partial charge on any atom is -0.458 e. The van der Waals surface area contributed by atoms with Crippen molar-refractivity contribution in [3.05, 3.63) is 83.0 Å². The van der Waals surface area contributed by atoms with Crippen LogP contribution in [0.1, 0.15) is 220 Å². The Morgan fingerprint density at radius 3 is 1.59 bits per heavy atom. The highest BCUT2D eigenvalue weighted by atomic mass is 79.9. The number of halogens is 2. The maximum absolute atomic E-state index is 12.0. The molecule has 99 heavy (non-hydrogen) atoms. The van der Waals surface area contributed by atoms with E-state index in [0.717, 1.165) is 49.5 Å². The fourth-order valence-corrected chi connectivity index (χ4v) is 20.4. The largest absolute Gasteiger partial charge is 0.458 e. The van der Waals surface area contributed by atoms with E-state index < -0.39 is 43.3 Å². The maximum atomic E-state index is 12.0. The number of esters is 2. The van der Waals surface area contributed by atoms with Gasteiger partial charge in [0.05, 0.1) is 18.3 Å². The van der Waals surface area contributed by atoms with Gasteiger partial charge in [0, 0.05) is 62.3 Å². The molecule has 12 nitrogen and oxygen atoms in total. The van der Waals surface area contributed by atoms with Gasteiger partial charge in [0.2, 0.25) is 0 Å². The van der Waals surface area contributed by atoms with Crippen LogP contribution in [-0.4, -0.2) is 127 Å². The molecule has 0 aromatic heterocycles. The molecule has 5 aliphatic carbocycles. The number of aliphatic hydroxyl groups is 3. The Morgan fingerprint density at radius 2 is 1.16 bits per heavy atom. The second-order valence-electron chi connectivity index (χ2n) is 35.1. The Balaban J connectivity index is 0.000000389. The molecule has 0 spiro atoms. The number of rotatable bonds is 25. The van der Waals surface area contributed by atoms with Crippen molar-refractivity contribution in [2.75, 3.05) is 26.4 Å². The van der Waals surface area contributed by atoms with E-state index >= 15 is 0 Å². The molecule has 2 aliphatic heterocycles. The van der Waals surface area contributed by atoms with Gasteiger partial charge >= 0.3 is 11.9 Å². The average molecular weight is 1500 g/mol. The second kappa shape index (κ2) is 38.1. The lowest BCUT2D eigenvalue weighted by atomic mass is 9.60. The summed E-state index contributed by atoms with van der Waals surface area (Å²) in [6.45, 7) is 69.3. The van der Waals surface area contributed by atoms with Crippen molar-refractivity contribution < 1.29 is 61.8 Å². The molecule has 7 rings (SSSR count). The maximum Gasteiger partial charge on any atom is 0.334 e. The number of aliphatic hydroxyl groups excluding tert-OH is 3. The van der Waals surface area contributed by atoms with Gasteiger partial charge in [-0.3, -0.25) is 4.70 Å². The molecule has 18 atom stereocenters. The molecule has 2 heterocycles. The fraction of sp³-hybridized carbons (Fsp3) is 0.780. The third kappa shape index (κ3) is 22.5. The van der Waals surface area contributed by atoms with Crippen molar-refractivity contribution in [3.8, 4) is 12.3 Å². The molecule has 2 saturated heterocycles. The van der Waals surface area contributed by atoms with Crippen LogP contribution in [0.2, 0.25) is 54.4 Å². The summed E-state index contributed by atoms with van der Waals surface area (Å²) in [7, 11) is -5.97. The van der Waals surface area contributed by atoms with Crippen molar-refractivity contribution in [1.82, 2.24) is 0 Å². The Morgan fingerprint density at radius 1 is 0.697 bits per heavy atom. The smallest absolute Gasteiger partial charge is 0.334 e. The molecule has 568 valence electrons. The number of hydrogen-bond donors (Lipinski definition) is 3. The Bertz CT molecular complexity index is 2800. The zero-order chi connectivity index (χ0) is 74.5. The lowest BCUT2D eigenvalue weighted by Gasteiger charge is -2.45. The van der Waals surface area contributed by atoms with Gasteiger partial charge in [-0.15, -0.1) is 18.9 Å². The van der Waals surface area contributed by atoms with Crippen LogP contribution in [0.25, 0.3) is 0 Å². The minimum absolute atomic E-state index is 0. The molecular weight excluding hydrogens is 1360 g/mol. The third-order valence-electron chi connectivity index (χ3n) is 25.7. The van der Waals surface area contributed by atoms with Gasteiger partial charge in [0.1, 0.15) is 30.5 Å². The van der Waals surface area contributed by atoms with E-state index in [9.17, 15) is 19.8 Å². The van der Waals surface area contributed by atoms with Crippen molar-refractivity contribution in [2.24, 2.45) is 58.2 Å². The van der Waals surface area contributed by atoms with E-state index in [2.05, 4.69) is 208 Å². The van der Waals surface area contributed by atoms with Crippen LogP contribution in [0, 0.1) is 70.5 Å². The van der Waals surface area contributed by atoms with Crippen LogP contribution >= 0.6 is 15.9 Å². The number of terminal acetylenes is 1. The number of hydrogen-bond acceptors (Lipinski definition) is 12. The zero-order valence-corrected chi connectivity index (χ0v) is 71.0. The Kier molecular flexibility index (Phi) is 34.9. The quantitative estimate of drug-likeness (QED) is 0.0199. The van der Waals surface area contributed by atoms with Crippen LogP contribution < -0.4 is 0 Å². The number of carbonyl (C=O) groups is 2. The van der Waals surface area contributed by atoms with Crippen LogP contribution in [0.15, 0.2) is 83.0 Å². The summed E-state index contributed by atoms with van der Waals surface area (Å²) in [4.78, 5) is 25.9. The standard InChI is InChI=1S/C31H46O6.C29H60O4Si3.C20H29BrO2.C2H6.FH/c1-18(16-27-19(2)20(3)30(35)37-27)24-11-12-25-22(8-6-13-31(24,25)5)9-10-23-17-26(33)29(28(34)21(23)4)36-15-7-14-32;1-18-21-25(33-36(16,17)29(9,10)11)26(24(19-2)32-35(14,15)28(6,7)8)30-22-20-23-31-34(12,13)27(3,4)5;1-12(10-18-13(2)14(3)19(22)23-18)16-7-8-17-15(11-21)6-5-9-20(16,17)4;1-2;/h9-10,18-19,24-29,32-34H,3-4,6-8,11-17H2,1-2,5H3;1,19,24-26H,2,20-23H2,3-17H3;11-13,16-18H,3,5-10H2,1-2,4H3;1-2H3;1H/b22-9+,23-10-;;15-11+;;/t18-,19+,24-,25+,26-,27+,28-,29+,31-;24-,25-,26-;12-,13+,16-,17+,18+,20-;;/m111../s1. The first-order valence-electron chi connectivity index (χ1n) is 37.8. The third-order valence-corrected chi connectivity index (χ3v) is 39.8. The first kappa shape index (κ1) is 90.6. The first-order chi connectivity index (χ1) is 45.4. The van der Waals surface area contributed by atoms with Crippen LogP contribution in [0.4, 0.5) is 4.70 Å². The SMILES string of the molecule is C#CC[C@@H](O[Si](C)(C)C(C)(C)C)[C@H](OCCCO[Si](C)(C)C(C)(C)C)[C@@H](C=C)O[Si](C)(C)C(C)(C)C.C=C1/C(=C\C=C2/CCC[C@]3(C)[C@@H]([C@H](C)C[C@@H]4OC(=O)C(=C)[C@@H]4C)CC[C@@H]23)C[C@@H](O)[C@H](OCCCO)[C@@H]1O.C=C1C(=O)O[C@@H](C[C@@H](C)[C@H]2CC[C@H]3/C(=C/Br)CCC[C@]23C)[C@H]1C.CC.F. The van der Waals surface area contributed by atoms with Crippen LogP contribution in [0.5, 0.6) is 0 Å². The molecule has 7 fully saturated rings. The number of cyclic esters (lactones) is 2. The molecular formula is C82H142BrFO12Si3. The second-order valence-corrected chi connectivity index (χ2v) is 49.9. The van der Waals surface area contributed by atoms with E-state index in [1.807, 2.05) is 19.9 Å². The summed E-state index contributed by atoms with van der Waals surface area (Å²) in [5, 5.41) is 30.7. The van der Waals surface area contributed by atoms with Crippen LogP contribution in [-0.2, 0) is 41.8 Å². The molecule has 0 aromatic carbocycles. The van der Waals surface area contributed by atoms with Crippen molar-refractivity contribution in [1.29, 1.82) is 0 Å². The van der Waals surface area contributed by atoms with E-state index in [4.69, 9.17) is 43.8 Å². The van der Waals surface area contributed by atoms with Crippen molar-refractivity contribution in [3.63, 3.8) is 0 Å². The van der Waals surface area contributed by atoms with Gasteiger partial charge in [0.25, 0.3) is 0 Å². The van der Waals surface area contributed by atoms with Crippen molar-refractivity contribution in [2.45, 2.75) is 324 Å². The monoisotopic (exact) mass is 1500 g/mol. The summed E-state index contributed by atoms with van der Waals surface area (Å²) in [6.07, 6.45) is 25.0. The molecule has 5 saturated carbocycles. The summed E-state index contributed by atoms with van der Waals surface area (Å²) in [5.41, 5.74) is 6.45. The van der Waals surface area contributed by atoms with E-state index in [1.54, 1.807) is 5.57 Å². The number of carbonyl (C=O) groups excluding carboxylic acids is 2. The summed E-state index contributed by atoms with van der Waals surface area (Å²) < 4.78 is 43.5. The molecule has 0 bridgehead atoms. The average Bonchev–Trinajstić information content (AvgIpc) is 1.62. The number of ether oxygens (including phenoxy) is 4. The summed E-state index contributed by atoms with van der Waals surface area (Å²) in [5.74, 6) is 6.30. The first-order valence-corrected chi connectivity index (χ1v) is 47.5. The number of allylic oxidation sites excluding steroid dienone is 4. The highest BCUT2D eigenvalue weighted by Crippen LogP contribution is 2.62. The van der Waals surface area contributed by atoms with Crippen molar-refractivity contribution >= 4 is 52.8 Å². The topological polar surface area (TPSA) is 159 Å². The lowest BCUT2D eigenvalue weighted by molar-refractivity contribution is -0.141. The van der Waals surface area contributed by atoms with Gasteiger partial charge in [-0.1, -0.05) is 183 Å². The zero-order valence-electron chi connectivity index (χ0n) is 66.4. The highest BCUT2D eigenvalue weighted by molar-refractivity contribution is 9.11. The van der Waals surface area contributed by atoms with Gasteiger partial charge in [-0.25, -0.2) is 9.59 Å². The lowest BCUT2D eigenvalue weighted by Crippen LogP contribution is -2.53. The highest BCUT2D eigenvalue weighted by Gasteiger charge is 2.54. The predicted octanol–water partition coefficient (Wildman–Crippen LogP) is 20.2. The molecule has 0 unspecified atom stereocenters. The molecule has 7 aliphatic rings. The molecule has 3 N–H and O–H groups in total. The van der Waals surface area contributed by atoms with Gasteiger partial charge in [-0.2, -0.15) is 0 Å². The van der Waals surface area contributed by atoms with Crippen LogP contribution in [0.3, 0.4) is 0 Å². The Hall–Kier alpha value is -2.58. The van der Waals surface area contributed by atoms with Gasteiger partial charge in [-0.05, 0) is 207 Å². The summed E-state index contributed by atoms with van der Waals surface area (Å²) in [6, 6.07) is 0. The van der Waals surface area contributed by atoms with E-state index in [-0.39, 0.29) is 86.1 Å². The van der Waals surface area contributed by atoms with Gasteiger partial charge in [0.15, 0.2) is 25.0 Å². The van der Waals surface area contributed by atoms with E-state index in [0.29, 0.717) is 84.9 Å². The molecule has 0 radical (unpaired) electrons.